The molecule has 3 heteroatoms. The molecule has 0 spiro atoms. The topological polar surface area (TPSA) is 18.5 Å². The van der Waals surface area contributed by atoms with Gasteiger partial charge in [0.2, 0.25) is 0 Å². The van der Waals surface area contributed by atoms with E-state index in [1.54, 1.807) is 14.2 Å². The SMILES string of the molecule is COc1ccc2cccc(Pc3cccc4ccc(OC)cc34)c2c1. The van der Waals surface area contributed by atoms with E-state index < -0.39 is 0 Å². The summed E-state index contributed by atoms with van der Waals surface area (Å²) in [5.41, 5.74) is 0. The van der Waals surface area contributed by atoms with Crippen LogP contribution in [0.1, 0.15) is 0 Å². The van der Waals surface area contributed by atoms with Crippen LogP contribution in [0.4, 0.5) is 0 Å². The van der Waals surface area contributed by atoms with Crippen molar-refractivity contribution in [2.24, 2.45) is 0 Å². The molecule has 4 aromatic rings. The van der Waals surface area contributed by atoms with Crippen molar-refractivity contribution in [2.45, 2.75) is 0 Å². The molecule has 0 aromatic heterocycles. The summed E-state index contributed by atoms with van der Waals surface area (Å²) in [6.07, 6.45) is 0. The Bertz CT molecular complexity index is 971. The smallest absolute Gasteiger partial charge is 0.119 e. The average molecular weight is 346 g/mol. The normalized spacial score (nSPS) is 11.0. The van der Waals surface area contributed by atoms with Crippen LogP contribution in [0.5, 0.6) is 11.5 Å². The molecule has 0 saturated heterocycles. The molecule has 4 aromatic carbocycles. The Morgan fingerprint density at radius 2 is 1.08 bits per heavy atom. The zero-order valence-corrected chi connectivity index (χ0v) is 15.2. The van der Waals surface area contributed by atoms with Crippen LogP contribution in [0.3, 0.4) is 0 Å². The van der Waals surface area contributed by atoms with Crippen LogP contribution in [-0.4, -0.2) is 14.2 Å². The fourth-order valence-electron chi connectivity index (χ4n) is 3.12. The van der Waals surface area contributed by atoms with Crippen molar-refractivity contribution in [1.82, 2.24) is 0 Å². The fraction of sp³-hybridized carbons (Fsp3) is 0.0909. The van der Waals surface area contributed by atoms with Crippen LogP contribution in [0.2, 0.25) is 0 Å². The summed E-state index contributed by atoms with van der Waals surface area (Å²) < 4.78 is 10.8. The third kappa shape index (κ3) is 3.06. The molecule has 0 unspecified atom stereocenters. The lowest BCUT2D eigenvalue weighted by atomic mass is 10.1. The molecule has 0 bridgehead atoms. The van der Waals surface area contributed by atoms with Crippen molar-refractivity contribution in [3.63, 3.8) is 0 Å². The van der Waals surface area contributed by atoms with Crippen molar-refractivity contribution in [3.8, 4) is 11.5 Å². The highest BCUT2D eigenvalue weighted by Gasteiger charge is 2.07. The van der Waals surface area contributed by atoms with Gasteiger partial charge in [-0.25, -0.2) is 0 Å². The largest absolute Gasteiger partial charge is 0.497 e. The second-order valence-electron chi connectivity index (χ2n) is 5.91. The van der Waals surface area contributed by atoms with Gasteiger partial charge in [0, 0.05) is 0 Å². The number of rotatable bonds is 4. The van der Waals surface area contributed by atoms with E-state index in [2.05, 4.69) is 60.7 Å². The van der Waals surface area contributed by atoms with Crippen molar-refractivity contribution in [1.29, 1.82) is 0 Å². The molecular weight excluding hydrogens is 327 g/mol. The first-order valence-electron chi connectivity index (χ1n) is 8.19. The van der Waals surface area contributed by atoms with E-state index in [-0.39, 0.29) is 0 Å². The maximum Gasteiger partial charge on any atom is 0.119 e. The maximum atomic E-state index is 5.41. The molecule has 0 N–H and O–H groups in total. The molecular formula is C22H19O2P. The zero-order valence-electron chi connectivity index (χ0n) is 14.2. The van der Waals surface area contributed by atoms with E-state index in [0.717, 1.165) is 11.5 Å². The van der Waals surface area contributed by atoms with Gasteiger partial charge in [-0.15, -0.1) is 0 Å². The Kier molecular flexibility index (Phi) is 4.29. The minimum Gasteiger partial charge on any atom is -0.497 e. The summed E-state index contributed by atoms with van der Waals surface area (Å²) in [5, 5.41) is 7.63. The van der Waals surface area contributed by atoms with E-state index in [1.165, 1.54) is 32.2 Å². The average Bonchev–Trinajstić information content (AvgIpc) is 2.67. The highest BCUT2D eigenvalue weighted by atomic mass is 31.1. The Hall–Kier alpha value is -2.57. The van der Waals surface area contributed by atoms with Gasteiger partial charge >= 0.3 is 0 Å². The predicted molar refractivity (Wildman–Crippen MR) is 109 cm³/mol. The standard InChI is InChI=1S/C22H19O2P/c1-23-17-11-9-15-5-3-7-21(19(15)13-17)25-22-8-4-6-16-10-12-18(24-2)14-20(16)22/h3-14,25H,1-2H3. The van der Waals surface area contributed by atoms with Crippen molar-refractivity contribution >= 4 is 40.7 Å². The number of benzene rings is 4. The van der Waals surface area contributed by atoms with E-state index >= 15 is 0 Å². The Morgan fingerprint density at radius 3 is 1.52 bits per heavy atom. The lowest BCUT2D eigenvalue weighted by Crippen LogP contribution is -2.06. The Morgan fingerprint density at radius 1 is 0.600 bits per heavy atom. The van der Waals surface area contributed by atoms with Gasteiger partial charge in [0.1, 0.15) is 11.5 Å². The number of hydrogen-bond donors (Lipinski definition) is 0. The molecule has 124 valence electrons. The van der Waals surface area contributed by atoms with Gasteiger partial charge in [0.25, 0.3) is 0 Å². The summed E-state index contributed by atoms with van der Waals surface area (Å²) in [5.74, 6) is 1.79. The maximum absolute atomic E-state index is 5.41. The summed E-state index contributed by atoms with van der Waals surface area (Å²) in [6, 6.07) is 25.5. The number of ether oxygens (including phenoxy) is 2. The molecule has 2 nitrogen and oxygen atoms in total. The number of hydrogen-bond acceptors (Lipinski definition) is 2. The van der Waals surface area contributed by atoms with Gasteiger partial charge in [-0.2, -0.15) is 0 Å². The van der Waals surface area contributed by atoms with E-state index in [0.29, 0.717) is 8.58 Å². The van der Waals surface area contributed by atoms with Crippen LogP contribution < -0.4 is 20.1 Å². The molecule has 0 amide bonds. The van der Waals surface area contributed by atoms with Crippen molar-refractivity contribution < 1.29 is 9.47 Å². The number of methoxy groups -OCH3 is 2. The third-order valence-electron chi connectivity index (χ3n) is 4.45. The molecule has 4 rings (SSSR count). The molecule has 0 aliphatic carbocycles. The molecule has 0 aliphatic heterocycles. The first-order chi connectivity index (χ1) is 12.3. The highest BCUT2D eigenvalue weighted by Crippen LogP contribution is 2.27. The van der Waals surface area contributed by atoms with E-state index in [1.807, 2.05) is 12.1 Å². The molecule has 25 heavy (non-hydrogen) atoms. The minimum atomic E-state index is 0.569. The van der Waals surface area contributed by atoms with Gasteiger partial charge in [0.05, 0.1) is 14.2 Å². The van der Waals surface area contributed by atoms with Crippen LogP contribution in [0.15, 0.2) is 72.8 Å². The third-order valence-corrected chi connectivity index (χ3v) is 5.86. The molecule has 0 saturated carbocycles. The molecule has 0 radical (unpaired) electrons. The van der Waals surface area contributed by atoms with Gasteiger partial charge < -0.3 is 9.47 Å². The lowest BCUT2D eigenvalue weighted by molar-refractivity contribution is 0.415. The van der Waals surface area contributed by atoms with Crippen LogP contribution >= 0.6 is 8.58 Å². The molecule has 0 aliphatic rings. The molecule has 0 atom stereocenters. The van der Waals surface area contributed by atoms with E-state index in [9.17, 15) is 0 Å². The molecule has 0 heterocycles. The highest BCUT2D eigenvalue weighted by molar-refractivity contribution is 7.56. The summed E-state index contributed by atoms with van der Waals surface area (Å²) in [7, 11) is 3.99. The monoisotopic (exact) mass is 346 g/mol. The zero-order chi connectivity index (χ0) is 17.2. The predicted octanol–water partition coefficient (Wildman–Crippen LogP) is 4.64. The van der Waals surface area contributed by atoms with Crippen molar-refractivity contribution in [2.75, 3.05) is 14.2 Å². The lowest BCUT2D eigenvalue weighted by Gasteiger charge is -2.11. The Labute approximate surface area is 149 Å². The second-order valence-corrected chi connectivity index (χ2v) is 7.24. The summed E-state index contributed by atoms with van der Waals surface area (Å²) in [4.78, 5) is 0. The Balaban J connectivity index is 1.85. The van der Waals surface area contributed by atoms with Crippen molar-refractivity contribution in [3.05, 3.63) is 72.8 Å². The first-order valence-corrected chi connectivity index (χ1v) is 9.19. The van der Waals surface area contributed by atoms with Crippen LogP contribution in [0, 0.1) is 0 Å². The second kappa shape index (κ2) is 6.74. The minimum absolute atomic E-state index is 0.569. The van der Waals surface area contributed by atoms with E-state index in [4.69, 9.17) is 9.47 Å². The summed E-state index contributed by atoms with van der Waals surface area (Å²) in [6.45, 7) is 0. The van der Waals surface area contributed by atoms with Gasteiger partial charge in [-0.1, -0.05) is 57.1 Å². The van der Waals surface area contributed by atoms with Gasteiger partial charge in [-0.05, 0) is 56.4 Å². The quantitative estimate of drug-likeness (QED) is 0.501. The first kappa shape index (κ1) is 15.9. The van der Waals surface area contributed by atoms with Crippen LogP contribution in [0.25, 0.3) is 21.5 Å². The molecule has 0 fully saturated rings. The van der Waals surface area contributed by atoms with Crippen LogP contribution in [-0.2, 0) is 0 Å². The summed E-state index contributed by atoms with van der Waals surface area (Å²) >= 11 is 0. The van der Waals surface area contributed by atoms with Gasteiger partial charge in [-0.3, -0.25) is 0 Å². The fourth-order valence-corrected chi connectivity index (χ4v) is 4.47. The van der Waals surface area contributed by atoms with Gasteiger partial charge in [0.15, 0.2) is 0 Å². The number of fused-ring (bicyclic) bond motifs is 2.